The van der Waals surface area contributed by atoms with Crippen molar-refractivity contribution in [3.05, 3.63) is 17.7 Å². The van der Waals surface area contributed by atoms with Gasteiger partial charge in [0, 0.05) is 14.2 Å². The fourth-order valence-electron chi connectivity index (χ4n) is 1.01. The molecule has 0 unspecified atom stereocenters. The summed E-state index contributed by atoms with van der Waals surface area (Å²) >= 11 is 0. The second-order valence-corrected chi connectivity index (χ2v) is 2.54. The van der Waals surface area contributed by atoms with Crippen molar-refractivity contribution < 1.29 is 14.3 Å². The Bertz CT molecular complexity index is 306. The minimum absolute atomic E-state index is 0.382. The van der Waals surface area contributed by atoms with E-state index >= 15 is 0 Å². The molecule has 0 spiro atoms. The highest BCUT2D eigenvalue weighted by Gasteiger charge is 2.13. The number of carbonyl (C=O) groups excluding carboxylic acids is 1. The Hall–Kier alpha value is -1.36. The summed E-state index contributed by atoms with van der Waals surface area (Å²) in [6, 6.07) is 0. The number of ether oxygens (including phenoxy) is 2. The van der Waals surface area contributed by atoms with Gasteiger partial charge in [0.25, 0.3) is 0 Å². The zero-order chi connectivity index (χ0) is 9.84. The lowest BCUT2D eigenvalue weighted by Gasteiger charge is -2.02. The van der Waals surface area contributed by atoms with Crippen LogP contribution in [0.5, 0.6) is 0 Å². The predicted molar refractivity (Wildman–Crippen MR) is 45.3 cm³/mol. The van der Waals surface area contributed by atoms with Crippen LogP contribution in [0.2, 0.25) is 0 Å². The van der Waals surface area contributed by atoms with Crippen molar-refractivity contribution in [1.82, 2.24) is 9.55 Å². The fraction of sp³-hybridized carbons (Fsp3) is 0.500. The van der Waals surface area contributed by atoms with E-state index in [1.54, 1.807) is 18.7 Å². The molecule has 0 N–H and O–H groups in total. The summed E-state index contributed by atoms with van der Waals surface area (Å²) in [4.78, 5) is 15.1. The second-order valence-electron chi connectivity index (χ2n) is 2.54. The molecule has 5 heteroatoms. The molecular formula is C8H12N2O3. The van der Waals surface area contributed by atoms with Crippen LogP contribution in [0.1, 0.15) is 16.3 Å². The maximum Gasteiger partial charge on any atom is 0.356 e. The number of carbonyl (C=O) groups is 1. The quantitative estimate of drug-likeness (QED) is 0.636. The Morgan fingerprint density at radius 1 is 1.62 bits per heavy atom. The van der Waals surface area contributed by atoms with Gasteiger partial charge >= 0.3 is 5.97 Å². The van der Waals surface area contributed by atoms with Crippen molar-refractivity contribution in [1.29, 1.82) is 0 Å². The van der Waals surface area contributed by atoms with E-state index in [0.29, 0.717) is 18.1 Å². The lowest BCUT2D eigenvalue weighted by molar-refractivity contribution is 0.0588. The Kier molecular flexibility index (Phi) is 3.02. The molecule has 0 atom stereocenters. The molecule has 1 heterocycles. The number of esters is 1. The summed E-state index contributed by atoms with van der Waals surface area (Å²) in [6.45, 7) is 0.382. The SMILES string of the molecule is COCc1ncc(C(=O)OC)n1C. The summed E-state index contributed by atoms with van der Waals surface area (Å²) in [5, 5.41) is 0. The van der Waals surface area contributed by atoms with Gasteiger partial charge in [0.2, 0.25) is 0 Å². The van der Waals surface area contributed by atoms with Crippen molar-refractivity contribution in [2.75, 3.05) is 14.2 Å². The number of rotatable bonds is 3. The molecule has 0 amide bonds. The lowest BCUT2D eigenvalue weighted by Crippen LogP contribution is -2.09. The van der Waals surface area contributed by atoms with Gasteiger partial charge < -0.3 is 14.0 Å². The van der Waals surface area contributed by atoms with Crippen LogP contribution in [0.15, 0.2) is 6.20 Å². The molecule has 0 radical (unpaired) electrons. The first kappa shape index (κ1) is 9.73. The average molecular weight is 184 g/mol. The second kappa shape index (κ2) is 4.04. The smallest absolute Gasteiger partial charge is 0.356 e. The third-order valence-electron chi connectivity index (χ3n) is 1.75. The van der Waals surface area contributed by atoms with Crippen molar-refractivity contribution in [3.8, 4) is 0 Å². The van der Waals surface area contributed by atoms with E-state index in [1.165, 1.54) is 13.3 Å². The van der Waals surface area contributed by atoms with E-state index in [1.807, 2.05) is 0 Å². The first-order valence-corrected chi connectivity index (χ1v) is 3.78. The number of hydrogen-bond acceptors (Lipinski definition) is 4. The minimum atomic E-state index is -0.391. The Labute approximate surface area is 76.3 Å². The molecular weight excluding hydrogens is 172 g/mol. The molecule has 1 aromatic rings. The van der Waals surface area contributed by atoms with E-state index in [9.17, 15) is 4.79 Å². The largest absolute Gasteiger partial charge is 0.464 e. The minimum Gasteiger partial charge on any atom is -0.464 e. The molecule has 0 saturated heterocycles. The average Bonchev–Trinajstić information content (AvgIpc) is 2.48. The molecule has 0 aliphatic heterocycles. The number of aromatic nitrogens is 2. The molecule has 0 bridgehead atoms. The Morgan fingerprint density at radius 2 is 2.31 bits per heavy atom. The van der Waals surface area contributed by atoms with E-state index in [2.05, 4.69) is 9.72 Å². The van der Waals surface area contributed by atoms with Gasteiger partial charge in [-0.15, -0.1) is 0 Å². The molecule has 0 aliphatic carbocycles. The standard InChI is InChI=1S/C8H12N2O3/c1-10-6(8(11)13-3)4-9-7(10)5-12-2/h4H,5H2,1-3H3. The molecule has 0 aromatic carbocycles. The van der Waals surface area contributed by atoms with Crippen LogP contribution in [-0.4, -0.2) is 29.7 Å². The highest BCUT2D eigenvalue weighted by Crippen LogP contribution is 2.05. The van der Waals surface area contributed by atoms with Gasteiger partial charge in [0.1, 0.15) is 18.1 Å². The first-order valence-electron chi connectivity index (χ1n) is 3.78. The highest BCUT2D eigenvalue weighted by atomic mass is 16.5. The zero-order valence-corrected chi connectivity index (χ0v) is 7.90. The van der Waals surface area contributed by atoms with Crippen LogP contribution in [0.4, 0.5) is 0 Å². The normalized spacial score (nSPS) is 10.1. The van der Waals surface area contributed by atoms with Gasteiger partial charge in [0.05, 0.1) is 13.3 Å². The molecule has 5 nitrogen and oxygen atoms in total. The first-order chi connectivity index (χ1) is 6.20. The van der Waals surface area contributed by atoms with Crippen LogP contribution in [-0.2, 0) is 23.1 Å². The zero-order valence-electron chi connectivity index (χ0n) is 7.90. The monoisotopic (exact) mass is 184 g/mol. The van der Waals surface area contributed by atoms with Crippen LogP contribution < -0.4 is 0 Å². The summed E-state index contributed by atoms with van der Waals surface area (Å²) in [5.41, 5.74) is 0.426. The molecule has 13 heavy (non-hydrogen) atoms. The Morgan fingerprint density at radius 3 is 2.85 bits per heavy atom. The molecule has 1 rings (SSSR count). The molecule has 0 aliphatic rings. The van der Waals surface area contributed by atoms with Gasteiger partial charge in [-0.05, 0) is 0 Å². The summed E-state index contributed by atoms with van der Waals surface area (Å²) < 4.78 is 11.1. The molecule has 0 saturated carbocycles. The Balaban J connectivity index is 2.92. The van der Waals surface area contributed by atoms with Crippen LogP contribution in [0.25, 0.3) is 0 Å². The van der Waals surface area contributed by atoms with Gasteiger partial charge in [-0.2, -0.15) is 0 Å². The van der Waals surface area contributed by atoms with E-state index < -0.39 is 5.97 Å². The highest BCUT2D eigenvalue weighted by molar-refractivity contribution is 5.87. The maximum atomic E-state index is 11.1. The van der Waals surface area contributed by atoms with Crippen molar-refractivity contribution in [3.63, 3.8) is 0 Å². The number of hydrogen-bond donors (Lipinski definition) is 0. The van der Waals surface area contributed by atoms with Crippen LogP contribution in [0.3, 0.4) is 0 Å². The predicted octanol–water partition coefficient (Wildman–Crippen LogP) is 0.353. The van der Waals surface area contributed by atoms with Crippen LogP contribution in [0, 0.1) is 0 Å². The van der Waals surface area contributed by atoms with Gasteiger partial charge in [-0.1, -0.05) is 0 Å². The summed E-state index contributed by atoms with van der Waals surface area (Å²) in [6.07, 6.45) is 1.47. The van der Waals surface area contributed by atoms with Crippen molar-refractivity contribution >= 4 is 5.97 Å². The summed E-state index contributed by atoms with van der Waals surface area (Å²) in [7, 11) is 4.66. The number of imidazole rings is 1. The third-order valence-corrected chi connectivity index (χ3v) is 1.75. The fourth-order valence-corrected chi connectivity index (χ4v) is 1.01. The number of nitrogens with zero attached hydrogens (tertiary/aromatic N) is 2. The third kappa shape index (κ3) is 1.86. The van der Waals surface area contributed by atoms with E-state index in [0.717, 1.165) is 0 Å². The van der Waals surface area contributed by atoms with E-state index in [4.69, 9.17) is 4.74 Å². The summed E-state index contributed by atoms with van der Waals surface area (Å²) in [5.74, 6) is 0.306. The topological polar surface area (TPSA) is 53.4 Å². The molecule has 1 aromatic heterocycles. The van der Waals surface area contributed by atoms with Crippen molar-refractivity contribution in [2.45, 2.75) is 6.61 Å². The number of methoxy groups -OCH3 is 2. The molecule has 72 valence electrons. The lowest BCUT2D eigenvalue weighted by atomic mass is 10.5. The maximum absolute atomic E-state index is 11.1. The van der Waals surface area contributed by atoms with E-state index in [-0.39, 0.29) is 0 Å². The van der Waals surface area contributed by atoms with Gasteiger partial charge in [-0.3, -0.25) is 0 Å². The van der Waals surface area contributed by atoms with Crippen molar-refractivity contribution in [2.24, 2.45) is 7.05 Å². The molecule has 0 fully saturated rings. The van der Waals surface area contributed by atoms with Crippen LogP contribution >= 0.6 is 0 Å². The van der Waals surface area contributed by atoms with Gasteiger partial charge in [0.15, 0.2) is 0 Å². The van der Waals surface area contributed by atoms with Gasteiger partial charge in [-0.25, -0.2) is 9.78 Å².